The molecular formula is C16H25NO3. The smallest absolute Gasteiger partial charge is 0.186 e. The molecule has 0 N–H and O–H groups in total. The van der Waals surface area contributed by atoms with Gasteiger partial charge in [-0.1, -0.05) is 25.3 Å². The molecule has 0 radical (unpaired) electrons. The molecule has 2 rings (SSSR count). The maximum absolute atomic E-state index is 5.58. The van der Waals surface area contributed by atoms with Crippen molar-refractivity contribution >= 4 is 5.69 Å². The minimum Gasteiger partial charge on any atom is -0.493 e. The highest BCUT2D eigenvalue weighted by atomic mass is 16.7. The number of methoxy groups -OCH3 is 2. The molecule has 1 aromatic rings. The Kier molecular flexibility index (Phi) is 5.53. The number of benzene rings is 1. The molecule has 0 atom stereocenters. The zero-order chi connectivity index (χ0) is 14.4. The Hall–Kier alpha value is -1.42. The van der Waals surface area contributed by atoms with Crippen molar-refractivity contribution in [2.45, 2.75) is 32.1 Å². The van der Waals surface area contributed by atoms with Gasteiger partial charge in [-0.3, -0.25) is 9.90 Å². The number of rotatable bonds is 6. The molecule has 4 nitrogen and oxygen atoms in total. The quantitative estimate of drug-likeness (QED) is 0.744. The van der Waals surface area contributed by atoms with Crippen LogP contribution in [0.1, 0.15) is 32.1 Å². The van der Waals surface area contributed by atoms with Crippen LogP contribution < -0.4 is 14.5 Å². The molecule has 112 valence electrons. The van der Waals surface area contributed by atoms with Gasteiger partial charge in [0, 0.05) is 6.54 Å². The molecule has 0 spiro atoms. The van der Waals surface area contributed by atoms with Crippen molar-refractivity contribution in [3.05, 3.63) is 18.2 Å². The lowest BCUT2D eigenvalue weighted by Gasteiger charge is -2.30. The second-order valence-electron chi connectivity index (χ2n) is 5.26. The first-order chi connectivity index (χ1) is 9.80. The monoisotopic (exact) mass is 279 g/mol. The Bertz CT molecular complexity index is 416. The molecule has 0 saturated heterocycles. The van der Waals surface area contributed by atoms with E-state index in [9.17, 15) is 0 Å². The van der Waals surface area contributed by atoms with Crippen LogP contribution >= 0.6 is 0 Å². The third-order valence-corrected chi connectivity index (χ3v) is 4.02. The van der Waals surface area contributed by atoms with Crippen molar-refractivity contribution in [3.63, 3.8) is 0 Å². The highest BCUT2D eigenvalue weighted by Crippen LogP contribution is 2.38. The van der Waals surface area contributed by atoms with Crippen LogP contribution in [0.5, 0.6) is 11.5 Å². The number of hydrogen-bond acceptors (Lipinski definition) is 4. The van der Waals surface area contributed by atoms with Crippen molar-refractivity contribution in [2.75, 3.05) is 32.9 Å². The summed E-state index contributed by atoms with van der Waals surface area (Å²) in [5, 5.41) is 1.93. The van der Waals surface area contributed by atoms with Crippen molar-refractivity contribution < 1.29 is 14.3 Å². The van der Waals surface area contributed by atoms with E-state index in [1.165, 1.54) is 32.1 Å². The number of hydrogen-bond donors (Lipinski definition) is 0. The molecular weight excluding hydrogens is 254 g/mol. The van der Waals surface area contributed by atoms with Crippen LogP contribution in [0.2, 0.25) is 0 Å². The summed E-state index contributed by atoms with van der Waals surface area (Å²) in [5.41, 5.74) is 0.930. The van der Waals surface area contributed by atoms with Crippen LogP contribution in [0.25, 0.3) is 0 Å². The van der Waals surface area contributed by atoms with Gasteiger partial charge in [-0.25, -0.2) is 0 Å². The van der Waals surface area contributed by atoms with Crippen molar-refractivity contribution in [1.82, 2.24) is 0 Å². The van der Waals surface area contributed by atoms with Crippen molar-refractivity contribution in [2.24, 2.45) is 5.92 Å². The van der Waals surface area contributed by atoms with Crippen molar-refractivity contribution in [3.8, 4) is 11.5 Å². The molecule has 0 heterocycles. The van der Waals surface area contributed by atoms with Gasteiger partial charge in [0.2, 0.25) is 0 Å². The summed E-state index contributed by atoms with van der Waals surface area (Å²) in [6.07, 6.45) is 6.60. The van der Waals surface area contributed by atoms with Gasteiger partial charge in [-0.05, 0) is 30.9 Å². The van der Waals surface area contributed by atoms with E-state index in [-0.39, 0.29) is 0 Å². The first-order valence-corrected chi connectivity index (χ1v) is 7.32. The van der Waals surface area contributed by atoms with Gasteiger partial charge in [-0.15, -0.1) is 0 Å². The van der Waals surface area contributed by atoms with E-state index in [1.54, 1.807) is 21.3 Å². The number of anilines is 1. The predicted molar refractivity (Wildman–Crippen MR) is 80.5 cm³/mol. The number of hydroxylamine groups is 1. The SMILES string of the molecule is COc1cccc(N(CC2CCCCC2)OC)c1OC. The van der Waals surface area contributed by atoms with Gasteiger partial charge in [-0.2, -0.15) is 0 Å². The second kappa shape index (κ2) is 7.39. The molecule has 0 aliphatic heterocycles. The van der Waals surface area contributed by atoms with Gasteiger partial charge >= 0.3 is 0 Å². The lowest BCUT2D eigenvalue weighted by atomic mass is 9.89. The average molecular weight is 279 g/mol. The number of para-hydroxylation sites is 1. The fourth-order valence-electron chi connectivity index (χ4n) is 2.94. The molecule has 0 aromatic heterocycles. The lowest BCUT2D eigenvalue weighted by molar-refractivity contribution is 0.144. The fourth-order valence-corrected chi connectivity index (χ4v) is 2.94. The minimum atomic E-state index is 0.694. The van der Waals surface area contributed by atoms with Crippen molar-refractivity contribution in [1.29, 1.82) is 0 Å². The molecule has 0 bridgehead atoms. The predicted octanol–water partition coefficient (Wildman–Crippen LogP) is 3.65. The summed E-state index contributed by atoms with van der Waals surface area (Å²) < 4.78 is 10.8. The molecule has 1 fully saturated rings. The van der Waals surface area contributed by atoms with Crippen LogP contribution in [0.3, 0.4) is 0 Å². The van der Waals surface area contributed by atoms with Crippen LogP contribution in [-0.4, -0.2) is 27.9 Å². The molecule has 0 amide bonds. The van der Waals surface area contributed by atoms with Crippen LogP contribution in [0.15, 0.2) is 18.2 Å². The van der Waals surface area contributed by atoms with Gasteiger partial charge in [0.1, 0.15) is 5.69 Å². The Morgan fingerprint density at radius 3 is 2.40 bits per heavy atom. The maximum Gasteiger partial charge on any atom is 0.186 e. The Balaban J connectivity index is 2.17. The molecule has 1 aliphatic carbocycles. The van der Waals surface area contributed by atoms with E-state index in [4.69, 9.17) is 14.3 Å². The third kappa shape index (κ3) is 3.37. The van der Waals surface area contributed by atoms with E-state index in [0.717, 1.165) is 23.7 Å². The normalized spacial score (nSPS) is 15.9. The summed E-state index contributed by atoms with van der Waals surface area (Å²) in [4.78, 5) is 5.58. The van der Waals surface area contributed by atoms with Gasteiger partial charge < -0.3 is 9.47 Å². The molecule has 20 heavy (non-hydrogen) atoms. The van der Waals surface area contributed by atoms with E-state index in [2.05, 4.69) is 0 Å². The summed E-state index contributed by atoms with van der Waals surface area (Å²) in [5.74, 6) is 2.16. The van der Waals surface area contributed by atoms with Crippen LogP contribution in [0.4, 0.5) is 5.69 Å². The molecule has 1 aliphatic rings. The van der Waals surface area contributed by atoms with Gasteiger partial charge in [0.05, 0.1) is 21.3 Å². The molecule has 0 unspecified atom stereocenters. The summed E-state index contributed by atoms with van der Waals surface area (Å²) in [6.45, 7) is 0.903. The topological polar surface area (TPSA) is 30.9 Å². The van der Waals surface area contributed by atoms with E-state index < -0.39 is 0 Å². The van der Waals surface area contributed by atoms with E-state index in [1.807, 2.05) is 23.3 Å². The molecule has 1 saturated carbocycles. The Labute approximate surface area is 121 Å². The third-order valence-electron chi connectivity index (χ3n) is 4.02. The highest BCUT2D eigenvalue weighted by molar-refractivity contribution is 5.63. The zero-order valence-electron chi connectivity index (χ0n) is 12.7. The van der Waals surface area contributed by atoms with Crippen LogP contribution in [-0.2, 0) is 4.84 Å². The Morgan fingerprint density at radius 2 is 1.80 bits per heavy atom. The van der Waals surface area contributed by atoms with Crippen LogP contribution in [0, 0.1) is 5.92 Å². The van der Waals surface area contributed by atoms with Gasteiger partial charge in [0.15, 0.2) is 11.5 Å². The largest absolute Gasteiger partial charge is 0.493 e. The molecule has 1 aromatic carbocycles. The first kappa shape index (κ1) is 15.0. The average Bonchev–Trinajstić information content (AvgIpc) is 2.52. The standard InChI is InChI=1S/C16H25NO3/c1-18-15-11-7-10-14(16(15)19-2)17(20-3)12-13-8-5-4-6-9-13/h7,10-11,13H,4-6,8-9,12H2,1-3H3. The Morgan fingerprint density at radius 1 is 1.05 bits per heavy atom. The zero-order valence-corrected chi connectivity index (χ0v) is 12.7. The summed E-state index contributed by atoms with van der Waals surface area (Å²) >= 11 is 0. The number of ether oxygens (including phenoxy) is 2. The summed E-state index contributed by atoms with van der Waals surface area (Å²) in [7, 11) is 5.03. The highest BCUT2D eigenvalue weighted by Gasteiger charge is 2.21. The first-order valence-electron chi connectivity index (χ1n) is 7.32. The second-order valence-corrected chi connectivity index (χ2v) is 5.26. The van der Waals surface area contributed by atoms with E-state index in [0.29, 0.717) is 5.92 Å². The van der Waals surface area contributed by atoms with Gasteiger partial charge in [0.25, 0.3) is 0 Å². The fraction of sp³-hybridized carbons (Fsp3) is 0.625. The minimum absolute atomic E-state index is 0.694. The van der Waals surface area contributed by atoms with E-state index >= 15 is 0 Å². The molecule has 4 heteroatoms. The summed E-state index contributed by atoms with van der Waals surface area (Å²) in [6, 6.07) is 5.87. The maximum atomic E-state index is 5.58. The number of nitrogens with zero attached hydrogens (tertiary/aromatic N) is 1. The lowest BCUT2D eigenvalue weighted by Crippen LogP contribution is -2.30.